The fourth-order valence-electron chi connectivity index (χ4n) is 3.74. The van der Waals surface area contributed by atoms with E-state index in [0.717, 1.165) is 24.1 Å². The van der Waals surface area contributed by atoms with Gasteiger partial charge < -0.3 is 9.47 Å². The molecule has 196 valence electrons. The third kappa shape index (κ3) is 5.30. The van der Waals surface area contributed by atoms with Crippen molar-refractivity contribution in [2.75, 3.05) is 13.2 Å². The lowest BCUT2D eigenvalue weighted by atomic mass is 10.0. The first-order valence-electron chi connectivity index (χ1n) is 11.1. The van der Waals surface area contributed by atoms with E-state index in [0.29, 0.717) is 42.3 Å². The number of hydrogen-bond acceptors (Lipinski definition) is 8. The average Bonchev–Trinajstić information content (AvgIpc) is 3.28. The van der Waals surface area contributed by atoms with Gasteiger partial charge in [-0.15, -0.1) is 0 Å². The van der Waals surface area contributed by atoms with Gasteiger partial charge in [-0.3, -0.25) is 9.36 Å². The minimum Gasteiger partial charge on any atom is -0.481 e. The zero-order valence-electron chi connectivity index (χ0n) is 20.0. The van der Waals surface area contributed by atoms with Crippen molar-refractivity contribution in [3.05, 3.63) is 74.6 Å². The molecule has 0 amide bonds. The number of carbonyl (C=O) groups excluding carboxylic acids is 1. The number of halogens is 3. The highest BCUT2D eigenvalue weighted by molar-refractivity contribution is 7.13. The standard InChI is InChI=1S/C25H19F3N4O5S/c1-14-4-6-18(37-13-22(34)36-9-3-8-29)16(10-14)23-17-11-15(5-7-19(17)38-30-23)32-21(33)12-20(25(26,27)28)31(2)24(32)35/h4-7,10-12H,3,9,13H2,1-2H3. The highest BCUT2D eigenvalue weighted by atomic mass is 32.1. The second-order valence-electron chi connectivity index (χ2n) is 8.17. The van der Waals surface area contributed by atoms with Crippen molar-refractivity contribution in [1.29, 1.82) is 5.26 Å². The number of nitrogens with zero attached hydrogens (tertiary/aromatic N) is 4. The van der Waals surface area contributed by atoms with Crippen LogP contribution in [0.1, 0.15) is 17.7 Å². The summed E-state index contributed by atoms with van der Waals surface area (Å²) in [5, 5.41) is 9.08. The van der Waals surface area contributed by atoms with E-state index < -0.39 is 35.7 Å². The summed E-state index contributed by atoms with van der Waals surface area (Å²) in [6, 6.07) is 12.0. The first-order chi connectivity index (χ1) is 18.0. The fourth-order valence-corrected chi connectivity index (χ4v) is 4.51. The molecule has 2 aromatic heterocycles. The number of alkyl halides is 3. The molecule has 0 spiro atoms. The molecule has 4 rings (SSSR count). The highest BCUT2D eigenvalue weighted by Crippen LogP contribution is 2.37. The van der Waals surface area contributed by atoms with Crippen LogP contribution in [0, 0.1) is 18.3 Å². The van der Waals surface area contributed by atoms with Gasteiger partial charge in [0.2, 0.25) is 0 Å². The number of carbonyl (C=O) groups is 1. The molecule has 0 bridgehead atoms. The van der Waals surface area contributed by atoms with Gasteiger partial charge in [0.25, 0.3) is 5.56 Å². The van der Waals surface area contributed by atoms with E-state index in [2.05, 4.69) is 4.37 Å². The van der Waals surface area contributed by atoms with Crippen LogP contribution in [0.4, 0.5) is 13.2 Å². The van der Waals surface area contributed by atoms with Crippen LogP contribution < -0.4 is 16.0 Å². The smallest absolute Gasteiger partial charge is 0.431 e. The monoisotopic (exact) mass is 544 g/mol. The number of hydrogen-bond donors (Lipinski definition) is 0. The molecule has 0 saturated carbocycles. The summed E-state index contributed by atoms with van der Waals surface area (Å²) < 4.78 is 56.5. The quantitative estimate of drug-likeness (QED) is 0.255. The Morgan fingerprint density at radius 1 is 1.16 bits per heavy atom. The first-order valence-corrected chi connectivity index (χ1v) is 11.8. The molecule has 0 radical (unpaired) electrons. The molecule has 0 atom stereocenters. The predicted octanol–water partition coefficient (Wildman–Crippen LogP) is 3.98. The van der Waals surface area contributed by atoms with Gasteiger partial charge in [0.05, 0.1) is 28.6 Å². The van der Waals surface area contributed by atoms with E-state index in [-0.39, 0.29) is 18.7 Å². The zero-order chi connectivity index (χ0) is 27.6. The van der Waals surface area contributed by atoms with Gasteiger partial charge in [-0.2, -0.15) is 22.8 Å². The maximum atomic E-state index is 13.2. The SMILES string of the molecule is Cc1ccc(OCC(=O)OCCC#N)c(-c2nsc3ccc(-n4c(=O)cc(C(F)(F)F)n(C)c4=O)cc23)c1. The Balaban J connectivity index is 1.77. The molecule has 0 aliphatic rings. The van der Waals surface area contributed by atoms with Crippen molar-refractivity contribution in [2.24, 2.45) is 7.05 Å². The van der Waals surface area contributed by atoms with E-state index in [1.165, 1.54) is 12.1 Å². The molecule has 0 aliphatic heterocycles. The summed E-state index contributed by atoms with van der Waals surface area (Å²) in [6.45, 7) is 1.38. The van der Waals surface area contributed by atoms with Crippen LogP contribution in [0.25, 0.3) is 27.0 Å². The Morgan fingerprint density at radius 2 is 1.92 bits per heavy atom. The lowest BCUT2D eigenvalue weighted by molar-refractivity contribution is -0.146. The molecule has 0 unspecified atom stereocenters. The molecule has 2 heterocycles. The Labute approximate surface area is 217 Å². The summed E-state index contributed by atoms with van der Waals surface area (Å²) >= 11 is 1.14. The van der Waals surface area contributed by atoms with Crippen molar-refractivity contribution < 1.29 is 27.4 Å². The second-order valence-corrected chi connectivity index (χ2v) is 8.98. The summed E-state index contributed by atoms with van der Waals surface area (Å²) in [4.78, 5) is 37.3. The Hall–Kier alpha value is -4.44. The molecule has 0 saturated heterocycles. The van der Waals surface area contributed by atoms with Crippen molar-refractivity contribution in [2.45, 2.75) is 19.5 Å². The van der Waals surface area contributed by atoms with Crippen molar-refractivity contribution in [3.8, 4) is 28.8 Å². The van der Waals surface area contributed by atoms with Gasteiger partial charge in [-0.1, -0.05) is 11.6 Å². The summed E-state index contributed by atoms with van der Waals surface area (Å²) in [6.07, 6.45) is -4.82. The first kappa shape index (κ1) is 26.6. The summed E-state index contributed by atoms with van der Waals surface area (Å²) in [5.74, 6) is -0.345. The molecular formula is C25H19F3N4O5S. The lowest BCUT2D eigenvalue weighted by Crippen LogP contribution is -2.40. The Bertz CT molecular complexity index is 1700. The second kappa shape index (κ2) is 10.5. The van der Waals surface area contributed by atoms with Gasteiger partial charge in [0.15, 0.2) is 6.61 Å². The topological polar surface area (TPSA) is 116 Å². The van der Waals surface area contributed by atoms with Crippen LogP contribution in [0.2, 0.25) is 0 Å². The van der Waals surface area contributed by atoms with Gasteiger partial charge in [0.1, 0.15) is 18.1 Å². The lowest BCUT2D eigenvalue weighted by Gasteiger charge is -2.14. The average molecular weight is 545 g/mol. The van der Waals surface area contributed by atoms with Crippen LogP contribution in [0.15, 0.2) is 52.1 Å². The molecule has 9 nitrogen and oxygen atoms in total. The molecule has 38 heavy (non-hydrogen) atoms. The zero-order valence-corrected chi connectivity index (χ0v) is 20.9. The highest BCUT2D eigenvalue weighted by Gasteiger charge is 2.35. The Morgan fingerprint density at radius 3 is 2.63 bits per heavy atom. The predicted molar refractivity (Wildman–Crippen MR) is 132 cm³/mol. The summed E-state index contributed by atoms with van der Waals surface area (Å²) in [5.41, 5.74) is -1.76. The van der Waals surface area contributed by atoms with Crippen molar-refractivity contribution in [1.82, 2.24) is 13.5 Å². The number of aryl methyl sites for hydroxylation is 1. The van der Waals surface area contributed by atoms with Gasteiger partial charge >= 0.3 is 17.8 Å². The number of ether oxygens (including phenoxy) is 2. The normalized spacial score (nSPS) is 11.4. The molecule has 4 aromatic rings. The van der Waals surface area contributed by atoms with E-state index in [1.54, 1.807) is 24.3 Å². The molecule has 0 aliphatic carbocycles. The number of rotatable bonds is 7. The van der Waals surface area contributed by atoms with Crippen molar-refractivity contribution >= 4 is 27.6 Å². The van der Waals surface area contributed by atoms with Crippen LogP contribution in [-0.4, -0.2) is 32.7 Å². The van der Waals surface area contributed by atoms with Gasteiger partial charge in [-0.25, -0.2) is 14.2 Å². The number of esters is 1. The third-order valence-electron chi connectivity index (χ3n) is 5.53. The van der Waals surface area contributed by atoms with Crippen LogP contribution in [0.3, 0.4) is 0 Å². The minimum absolute atomic E-state index is 0.0538. The van der Waals surface area contributed by atoms with E-state index in [1.807, 2.05) is 13.0 Å². The molecule has 0 fully saturated rings. The number of nitriles is 1. The van der Waals surface area contributed by atoms with E-state index >= 15 is 0 Å². The molecule has 2 aromatic carbocycles. The third-order valence-corrected chi connectivity index (χ3v) is 6.36. The van der Waals surface area contributed by atoms with Crippen LogP contribution in [-0.2, 0) is 22.8 Å². The number of fused-ring (bicyclic) bond motifs is 1. The van der Waals surface area contributed by atoms with E-state index in [4.69, 9.17) is 14.7 Å². The molecule has 13 heteroatoms. The molecular weight excluding hydrogens is 525 g/mol. The maximum absolute atomic E-state index is 13.2. The minimum atomic E-state index is -4.87. The van der Waals surface area contributed by atoms with Gasteiger partial charge in [-0.05, 0) is 48.8 Å². The maximum Gasteiger partial charge on any atom is 0.431 e. The Kier molecular flexibility index (Phi) is 7.36. The molecule has 0 N–H and O–H groups in total. The van der Waals surface area contributed by atoms with Crippen LogP contribution >= 0.6 is 11.5 Å². The van der Waals surface area contributed by atoms with Gasteiger partial charge in [0, 0.05) is 24.1 Å². The number of aromatic nitrogens is 3. The van der Waals surface area contributed by atoms with E-state index in [9.17, 15) is 27.6 Å². The largest absolute Gasteiger partial charge is 0.481 e. The fraction of sp³-hybridized carbons (Fsp3) is 0.240. The summed E-state index contributed by atoms with van der Waals surface area (Å²) in [7, 11) is 0.943. The van der Waals surface area contributed by atoms with Crippen LogP contribution in [0.5, 0.6) is 5.75 Å². The number of benzene rings is 2. The van der Waals surface area contributed by atoms with Crippen molar-refractivity contribution in [3.63, 3.8) is 0 Å².